The van der Waals surface area contributed by atoms with Crippen LogP contribution in [0.5, 0.6) is 0 Å². The molecule has 0 bridgehead atoms. The summed E-state index contributed by atoms with van der Waals surface area (Å²) in [4.78, 5) is 25.7. The molecule has 0 fully saturated rings. The molecule has 6 nitrogen and oxygen atoms in total. The van der Waals surface area contributed by atoms with E-state index in [2.05, 4.69) is 27.2 Å². The second-order valence-corrected chi connectivity index (χ2v) is 7.90. The van der Waals surface area contributed by atoms with Gasteiger partial charge in [0, 0.05) is 56.2 Å². The molecule has 3 heterocycles. The number of rotatable bonds is 5. The number of hydrogen-bond donors (Lipinski definition) is 2. The highest BCUT2D eigenvalue weighted by Crippen LogP contribution is 2.23. The first-order valence-electron chi connectivity index (χ1n) is 9.39. The molecule has 3 aromatic heterocycles. The number of thiazole rings is 1. The first kappa shape index (κ1) is 20.7. The number of anilines is 3. The number of aromatic nitrogens is 3. The molecule has 1 amide bonds. The number of fused-ring (bicyclic) bond motifs is 1. The van der Waals surface area contributed by atoms with Gasteiger partial charge in [0.25, 0.3) is 5.91 Å². The average Bonchev–Trinajstić information content (AvgIpc) is 3.27. The van der Waals surface area contributed by atoms with Crippen LogP contribution in [0.3, 0.4) is 0 Å². The highest BCUT2D eigenvalue weighted by Gasteiger charge is 2.10. The zero-order valence-corrected chi connectivity index (χ0v) is 18.2. The number of pyridine rings is 2. The van der Waals surface area contributed by atoms with Crippen LogP contribution in [0.25, 0.3) is 22.9 Å². The van der Waals surface area contributed by atoms with Crippen LogP contribution in [0.4, 0.5) is 16.6 Å². The van der Waals surface area contributed by atoms with Gasteiger partial charge in [0.15, 0.2) is 5.13 Å². The fourth-order valence-corrected chi connectivity index (χ4v) is 3.81. The molecular weight excluding hydrogens is 430 g/mol. The largest absolute Gasteiger partial charge is 0.340 e. The van der Waals surface area contributed by atoms with E-state index in [4.69, 9.17) is 16.6 Å². The van der Waals surface area contributed by atoms with Crippen molar-refractivity contribution in [2.24, 2.45) is 0 Å². The van der Waals surface area contributed by atoms with Crippen molar-refractivity contribution in [1.29, 1.82) is 0 Å². The summed E-state index contributed by atoms with van der Waals surface area (Å²) in [6, 6.07) is 9.29. The molecule has 0 saturated carbocycles. The Morgan fingerprint density at radius 3 is 2.84 bits per heavy atom. The Hall–Kier alpha value is -3.55. The topological polar surface area (TPSA) is 79.8 Å². The van der Waals surface area contributed by atoms with E-state index in [1.807, 2.05) is 43.3 Å². The van der Waals surface area contributed by atoms with Gasteiger partial charge in [0.2, 0.25) is 0 Å². The summed E-state index contributed by atoms with van der Waals surface area (Å²) in [7, 11) is 0. The Bertz CT molecular complexity index is 1400. The van der Waals surface area contributed by atoms with Gasteiger partial charge in [0.05, 0.1) is 5.35 Å². The molecular formula is C23H18ClN5OS. The molecule has 1 aromatic carbocycles. The van der Waals surface area contributed by atoms with E-state index in [9.17, 15) is 4.79 Å². The summed E-state index contributed by atoms with van der Waals surface area (Å²) in [5, 5.41) is 12.3. The summed E-state index contributed by atoms with van der Waals surface area (Å²) >= 11 is 7.47. The van der Waals surface area contributed by atoms with Crippen LogP contribution in [0.2, 0.25) is 5.02 Å². The monoisotopic (exact) mass is 447 g/mol. The van der Waals surface area contributed by atoms with E-state index in [0.717, 1.165) is 21.7 Å². The summed E-state index contributed by atoms with van der Waals surface area (Å²) < 4.78 is 0. The van der Waals surface area contributed by atoms with Gasteiger partial charge in [0.1, 0.15) is 5.82 Å². The van der Waals surface area contributed by atoms with Crippen LogP contribution in [0.1, 0.15) is 6.92 Å². The molecule has 154 valence electrons. The molecule has 0 aliphatic rings. The van der Waals surface area contributed by atoms with Crippen LogP contribution in [0, 0.1) is 0 Å². The summed E-state index contributed by atoms with van der Waals surface area (Å²) in [5.41, 5.74) is 1.07. The van der Waals surface area contributed by atoms with Crippen LogP contribution in [-0.4, -0.2) is 20.9 Å². The van der Waals surface area contributed by atoms with Crippen LogP contribution >= 0.6 is 22.9 Å². The third-order valence-corrected chi connectivity index (χ3v) is 5.43. The predicted octanol–water partition coefficient (Wildman–Crippen LogP) is 4.26. The normalized spacial score (nSPS) is 12.2. The van der Waals surface area contributed by atoms with Crippen LogP contribution < -0.4 is 21.2 Å². The van der Waals surface area contributed by atoms with Gasteiger partial charge >= 0.3 is 0 Å². The molecule has 4 aromatic rings. The van der Waals surface area contributed by atoms with Crippen molar-refractivity contribution in [3.8, 4) is 0 Å². The number of carbonyl (C=O) groups excluding carboxylic acids is 1. The summed E-state index contributed by atoms with van der Waals surface area (Å²) in [6.45, 7) is 5.83. The van der Waals surface area contributed by atoms with Crippen molar-refractivity contribution in [3.05, 3.63) is 82.0 Å². The molecule has 2 N–H and O–H groups in total. The second kappa shape index (κ2) is 9.07. The zero-order chi connectivity index (χ0) is 21.8. The quantitative estimate of drug-likeness (QED) is 0.447. The van der Waals surface area contributed by atoms with Gasteiger partial charge in [-0.05, 0) is 37.3 Å². The highest BCUT2D eigenvalue weighted by molar-refractivity contribution is 7.13. The molecule has 4 rings (SSSR count). The Morgan fingerprint density at radius 1 is 1.23 bits per heavy atom. The minimum absolute atomic E-state index is 0.266. The zero-order valence-electron chi connectivity index (χ0n) is 16.6. The Morgan fingerprint density at radius 2 is 2.10 bits per heavy atom. The van der Waals surface area contributed by atoms with E-state index in [0.29, 0.717) is 21.3 Å². The molecule has 0 spiro atoms. The fourth-order valence-electron chi connectivity index (χ4n) is 3.10. The van der Waals surface area contributed by atoms with E-state index in [1.165, 1.54) is 11.3 Å². The maximum Gasteiger partial charge on any atom is 0.256 e. The number of nitrogens with zero attached hydrogens (tertiary/aromatic N) is 3. The molecule has 0 aliphatic heterocycles. The van der Waals surface area contributed by atoms with Gasteiger partial charge in [-0.2, -0.15) is 0 Å². The van der Waals surface area contributed by atoms with Gasteiger partial charge < -0.3 is 5.32 Å². The SMILES string of the molecule is C=C(/C=c1/nc(Nc2cccc(Cl)c2)c2ccncc2/c1=C/C)C(=O)Nc1nccs1. The Kier molecular flexibility index (Phi) is 6.06. The number of nitrogens with one attached hydrogen (secondary N) is 2. The number of carbonyl (C=O) groups is 1. The van der Waals surface area contributed by atoms with Crippen LogP contribution in [0.15, 0.2) is 66.5 Å². The third kappa shape index (κ3) is 4.63. The van der Waals surface area contributed by atoms with Gasteiger partial charge in [-0.1, -0.05) is 30.3 Å². The van der Waals surface area contributed by atoms with Crippen molar-refractivity contribution in [2.75, 3.05) is 10.6 Å². The third-order valence-electron chi connectivity index (χ3n) is 4.51. The van der Waals surface area contributed by atoms with Crippen LogP contribution in [-0.2, 0) is 4.79 Å². The highest BCUT2D eigenvalue weighted by atomic mass is 35.5. The maximum absolute atomic E-state index is 12.5. The summed E-state index contributed by atoms with van der Waals surface area (Å²) in [5.74, 6) is 0.291. The minimum atomic E-state index is -0.338. The number of benzene rings is 1. The fraction of sp³-hybridized carbons (Fsp3) is 0.0435. The molecule has 8 heteroatoms. The minimum Gasteiger partial charge on any atom is -0.340 e. The van der Waals surface area contributed by atoms with Crippen molar-refractivity contribution in [1.82, 2.24) is 15.0 Å². The Balaban J connectivity index is 1.81. The lowest BCUT2D eigenvalue weighted by Crippen LogP contribution is -2.31. The second-order valence-electron chi connectivity index (χ2n) is 6.57. The molecule has 0 radical (unpaired) electrons. The number of amides is 1. The molecule has 0 unspecified atom stereocenters. The summed E-state index contributed by atoms with van der Waals surface area (Å²) in [6.07, 6.45) is 8.73. The van der Waals surface area contributed by atoms with Crippen molar-refractivity contribution >= 4 is 68.4 Å². The maximum atomic E-state index is 12.5. The van der Waals surface area contributed by atoms with E-state index in [-0.39, 0.29) is 11.5 Å². The standard InChI is InChI=1S/C23H18ClN5OS/c1-3-17-19-13-25-8-7-18(19)21(27-16-6-4-5-15(24)12-16)28-20(17)11-14(2)22(30)29-23-26-9-10-31-23/h3-13H,2H2,1H3,(H,27,28)(H,26,29,30)/b17-3-,20-11+. The van der Waals surface area contributed by atoms with Crippen molar-refractivity contribution in [3.63, 3.8) is 0 Å². The smallest absolute Gasteiger partial charge is 0.256 e. The van der Waals surface area contributed by atoms with Gasteiger partial charge in [-0.3, -0.25) is 15.1 Å². The Labute approximate surface area is 187 Å². The first-order chi connectivity index (χ1) is 15.0. The first-order valence-corrected chi connectivity index (χ1v) is 10.6. The van der Waals surface area contributed by atoms with E-state index < -0.39 is 0 Å². The number of hydrogen-bond acceptors (Lipinski definition) is 6. The number of halogens is 1. The van der Waals surface area contributed by atoms with E-state index in [1.54, 1.807) is 30.0 Å². The molecule has 0 aliphatic carbocycles. The predicted molar refractivity (Wildman–Crippen MR) is 128 cm³/mol. The van der Waals surface area contributed by atoms with Crippen molar-refractivity contribution in [2.45, 2.75) is 6.92 Å². The average molecular weight is 448 g/mol. The lowest BCUT2D eigenvalue weighted by Gasteiger charge is -2.10. The lowest BCUT2D eigenvalue weighted by molar-refractivity contribution is -0.112. The van der Waals surface area contributed by atoms with Gasteiger partial charge in [-0.25, -0.2) is 9.97 Å². The van der Waals surface area contributed by atoms with Crippen molar-refractivity contribution < 1.29 is 4.79 Å². The lowest BCUT2D eigenvalue weighted by atomic mass is 10.1. The molecule has 0 atom stereocenters. The van der Waals surface area contributed by atoms with Gasteiger partial charge in [-0.15, -0.1) is 11.3 Å². The molecule has 31 heavy (non-hydrogen) atoms. The molecule has 0 saturated heterocycles. The van der Waals surface area contributed by atoms with E-state index >= 15 is 0 Å².